The van der Waals surface area contributed by atoms with Crippen LogP contribution in [0.5, 0.6) is 0 Å². The molecule has 0 spiro atoms. The molecule has 2 amide bonds. The van der Waals surface area contributed by atoms with E-state index in [9.17, 15) is 9.90 Å². The van der Waals surface area contributed by atoms with Crippen molar-refractivity contribution in [1.29, 1.82) is 0 Å². The summed E-state index contributed by atoms with van der Waals surface area (Å²) >= 11 is 0. The van der Waals surface area contributed by atoms with Crippen molar-refractivity contribution >= 4 is 11.7 Å². The van der Waals surface area contributed by atoms with Crippen molar-refractivity contribution in [2.75, 3.05) is 12.4 Å². The molecule has 2 N–H and O–H groups in total. The number of carbonyl (C=O) groups excluding carboxylic acids is 1. The summed E-state index contributed by atoms with van der Waals surface area (Å²) in [7, 11) is 1.74. The molecule has 1 aromatic carbocycles. The average Bonchev–Trinajstić information content (AvgIpc) is 2.85. The first-order valence-corrected chi connectivity index (χ1v) is 6.43. The smallest absolute Gasteiger partial charge is 0.321 e. The third kappa shape index (κ3) is 2.06. The molecule has 2 aromatic rings. The van der Waals surface area contributed by atoms with Crippen molar-refractivity contribution in [3.05, 3.63) is 53.0 Å². The number of amides is 2. The van der Waals surface area contributed by atoms with Gasteiger partial charge in [0.1, 0.15) is 11.9 Å². The number of nitrogens with zero attached hydrogens (tertiary/aromatic N) is 1. The average molecular weight is 272 g/mol. The van der Waals surface area contributed by atoms with Crippen LogP contribution in [0.15, 0.2) is 34.9 Å². The van der Waals surface area contributed by atoms with Crippen molar-refractivity contribution in [2.45, 2.75) is 19.6 Å². The summed E-state index contributed by atoms with van der Waals surface area (Å²) in [5, 5.41) is 13.2. The van der Waals surface area contributed by atoms with Crippen LogP contribution >= 0.6 is 0 Å². The number of urea groups is 1. The van der Waals surface area contributed by atoms with Gasteiger partial charge < -0.3 is 19.7 Å². The fraction of sp³-hybridized carbons (Fsp3) is 0.267. The highest BCUT2D eigenvalue weighted by molar-refractivity contribution is 5.92. The van der Waals surface area contributed by atoms with Crippen LogP contribution in [0.2, 0.25) is 0 Å². The van der Waals surface area contributed by atoms with Crippen LogP contribution in [-0.4, -0.2) is 23.1 Å². The molecule has 1 unspecified atom stereocenters. The lowest BCUT2D eigenvalue weighted by molar-refractivity contribution is 0.216. The number of aryl methyl sites for hydroxylation is 1. The minimum absolute atomic E-state index is 0.114. The van der Waals surface area contributed by atoms with E-state index >= 15 is 0 Å². The normalized spacial score (nSPS) is 15.8. The second-order valence-electron chi connectivity index (χ2n) is 5.04. The quantitative estimate of drug-likeness (QED) is 0.883. The zero-order chi connectivity index (χ0) is 14.3. The second-order valence-corrected chi connectivity index (χ2v) is 5.04. The Balaban J connectivity index is 1.95. The van der Waals surface area contributed by atoms with E-state index in [1.54, 1.807) is 24.3 Å². The summed E-state index contributed by atoms with van der Waals surface area (Å²) in [6, 6.07) is 7.22. The molecule has 5 heteroatoms. The van der Waals surface area contributed by atoms with E-state index in [0.29, 0.717) is 12.3 Å². The van der Waals surface area contributed by atoms with E-state index in [1.165, 1.54) is 0 Å². The van der Waals surface area contributed by atoms with Crippen LogP contribution in [0.1, 0.15) is 28.6 Å². The van der Waals surface area contributed by atoms with Crippen molar-refractivity contribution in [1.82, 2.24) is 4.90 Å². The van der Waals surface area contributed by atoms with E-state index in [0.717, 1.165) is 22.4 Å². The molecule has 5 nitrogen and oxygen atoms in total. The van der Waals surface area contributed by atoms with Gasteiger partial charge in [0.15, 0.2) is 0 Å². The third-order valence-electron chi connectivity index (χ3n) is 3.63. The van der Waals surface area contributed by atoms with E-state index in [4.69, 9.17) is 4.42 Å². The molecule has 0 fully saturated rings. The number of nitrogens with one attached hydrogen (secondary N) is 1. The van der Waals surface area contributed by atoms with Gasteiger partial charge >= 0.3 is 6.03 Å². The number of hydrogen-bond donors (Lipinski definition) is 2. The molecule has 0 saturated heterocycles. The van der Waals surface area contributed by atoms with Crippen molar-refractivity contribution in [3.63, 3.8) is 0 Å². The fourth-order valence-electron chi connectivity index (χ4n) is 2.43. The zero-order valence-corrected chi connectivity index (χ0v) is 11.4. The summed E-state index contributed by atoms with van der Waals surface area (Å²) in [4.78, 5) is 13.2. The minimum atomic E-state index is -0.720. The number of aliphatic hydroxyl groups is 1. The molecule has 1 atom stereocenters. The molecule has 0 aliphatic carbocycles. The third-order valence-corrected chi connectivity index (χ3v) is 3.63. The predicted octanol–water partition coefficient (Wildman–Crippen LogP) is 2.65. The highest BCUT2D eigenvalue weighted by Gasteiger charge is 2.21. The second kappa shape index (κ2) is 4.68. The number of hydrogen-bond acceptors (Lipinski definition) is 3. The summed E-state index contributed by atoms with van der Waals surface area (Å²) in [5.41, 5.74) is 3.34. The summed E-state index contributed by atoms with van der Waals surface area (Å²) in [6.45, 7) is 2.36. The van der Waals surface area contributed by atoms with Gasteiger partial charge in [-0.3, -0.25) is 0 Å². The van der Waals surface area contributed by atoms with Crippen LogP contribution in [0.25, 0.3) is 0 Å². The van der Waals surface area contributed by atoms with Gasteiger partial charge in [-0.1, -0.05) is 6.07 Å². The number of rotatable bonds is 2. The van der Waals surface area contributed by atoms with Gasteiger partial charge in [0, 0.05) is 24.8 Å². The molecule has 0 saturated carbocycles. The first-order chi connectivity index (χ1) is 9.56. The van der Waals surface area contributed by atoms with Crippen molar-refractivity contribution < 1.29 is 14.3 Å². The maximum atomic E-state index is 11.6. The van der Waals surface area contributed by atoms with Gasteiger partial charge in [0.25, 0.3) is 0 Å². The standard InChI is InChI=1S/C15H16N2O3/c1-9-12(5-6-20-9)14(18)10-3-4-13-11(7-10)8-17(2)15(19)16-13/h3-7,14,18H,8H2,1-2H3,(H,16,19). The van der Waals surface area contributed by atoms with E-state index < -0.39 is 6.10 Å². The van der Waals surface area contributed by atoms with Crippen LogP contribution < -0.4 is 5.32 Å². The van der Waals surface area contributed by atoms with Crippen LogP contribution in [0.3, 0.4) is 0 Å². The largest absolute Gasteiger partial charge is 0.469 e. The van der Waals surface area contributed by atoms with Crippen LogP contribution in [0, 0.1) is 6.92 Å². The number of benzene rings is 1. The maximum Gasteiger partial charge on any atom is 0.321 e. The molecule has 0 bridgehead atoms. The lowest BCUT2D eigenvalue weighted by Crippen LogP contribution is -2.35. The highest BCUT2D eigenvalue weighted by Crippen LogP contribution is 2.30. The van der Waals surface area contributed by atoms with Gasteiger partial charge in [-0.15, -0.1) is 0 Å². The molecule has 3 rings (SSSR count). The monoisotopic (exact) mass is 272 g/mol. The van der Waals surface area contributed by atoms with Crippen LogP contribution in [0.4, 0.5) is 10.5 Å². The van der Waals surface area contributed by atoms with Gasteiger partial charge in [-0.25, -0.2) is 4.79 Å². The number of carbonyl (C=O) groups is 1. The predicted molar refractivity (Wildman–Crippen MR) is 74.4 cm³/mol. The van der Waals surface area contributed by atoms with Crippen LogP contribution in [-0.2, 0) is 6.54 Å². The molecular formula is C15H16N2O3. The molecule has 2 heterocycles. The first kappa shape index (κ1) is 12.7. The maximum absolute atomic E-state index is 11.6. The molecule has 1 aromatic heterocycles. The highest BCUT2D eigenvalue weighted by atomic mass is 16.3. The van der Waals surface area contributed by atoms with Crippen molar-refractivity contribution in [2.24, 2.45) is 0 Å². The number of fused-ring (bicyclic) bond motifs is 1. The molecule has 1 aliphatic heterocycles. The van der Waals surface area contributed by atoms with Gasteiger partial charge in [-0.05, 0) is 36.2 Å². The lowest BCUT2D eigenvalue weighted by Gasteiger charge is -2.26. The number of furan rings is 1. The Kier molecular flexibility index (Phi) is 2.99. The topological polar surface area (TPSA) is 65.7 Å². The minimum Gasteiger partial charge on any atom is -0.469 e. The number of anilines is 1. The van der Waals surface area contributed by atoms with Gasteiger partial charge in [0.2, 0.25) is 0 Å². The molecule has 20 heavy (non-hydrogen) atoms. The molecular weight excluding hydrogens is 256 g/mol. The van der Waals surface area contributed by atoms with E-state index in [1.807, 2.05) is 25.1 Å². The molecule has 0 radical (unpaired) electrons. The number of aliphatic hydroxyl groups excluding tert-OH is 1. The zero-order valence-electron chi connectivity index (χ0n) is 11.4. The fourth-order valence-corrected chi connectivity index (χ4v) is 2.43. The molecule has 104 valence electrons. The Morgan fingerprint density at radius 3 is 2.90 bits per heavy atom. The van der Waals surface area contributed by atoms with Gasteiger partial charge in [-0.2, -0.15) is 0 Å². The SMILES string of the molecule is Cc1occc1C(O)c1ccc2c(c1)CN(C)C(=O)N2. The Bertz CT molecular complexity index is 663. The summed E-state index contributed by atoms with van der Waals surface area (Å²) in [5.74, 6) is 0.709. The Hall–Kier alpha value is -2.27. The van der Waals surface area contributed by atoms with E-state index in [-0.39, 0.29) is 6.03 Å². The van der Waals surface area contributed by atoms with Gasteiger partial charge in [0.05, 0.1) is 6.26 Å². The van der Waals surface area contributed by atoms with Crippen molar-refractivity contribution in [3.8, 4) is 0 Å². The first-order valence-electron chi connectivity index (χ1n) is 6.43. The Labute approximate surface area is 116 Å². The Morgan fingerprint density at radius 2 is 2.20 bits per heavy atom. The summed E-state index contributed by atoms with van der Waals surface area (Å²) in [6.07, 6.45) is 0.849. The molecule has 1 aliphatic rings. The lowest BCUT2D eigenvalue weighted by atomic mass is 9.98. The Morgan fingerprint density at radius 1 is 1.40 bits per heavy atom. The van der Waals surface area contributed by atoms with E-state index in [2.05, 4.69) is 5.32 Å². The summed E-state index contributed by atoms with van der Waals surface area (Å²) < 4.78 is 5.23.